The maximum atomic E-state index is 12.3. The Labute approximate surface area is 142 Å². The highest BCUT2D eigenvalue weighted by molar-refractivity contribution is 5.95. The molecule has 0 fully saturated rings. The number of carbonyl (C=O) groups excluding carboxylic acids is 3. The van der Waals surface area contributed by atoms with Crippen molar-refractivity contribution in [3.8, 4) is 0 Å². The Bertz CT molecular complexity index is 770. The Morgan fingerprint density at radius 2 is 2.08 bits per heavy atom. The number of nitrogens with one attached hydrogen (secondary N) is 1. The molecule has 1 aliphatic rings. The fourth-order valence-electron chi connectivity index (χ4n) is 2.55. The highest BCUT2D eigenvalue weighted by Gasteiger charge is 2.33. The summed E-state index contributed by atoms with van der Waals surface area (Å²) in [6.07, 6.45) is -0.0590. The van der Waals surface area contributed by atoms with Gasteiger partial charge in [-0.15, -0.1) is 0 Å². The zero-order valence-electron chi connectivity index (χ0n) is 13.6. The van der Waals surface area contributed by atoms with Gasteiger partial charge in [-0.2, -0.15) is 0 Å². The molecular weight excluding hydrogens is 332 g/mol. The quantitative estimate of drug-likeness (QED) is 0.370. The summed E-state index contributed by atoms with van der Waals surface area (Å²) in [5.74, 6) is -2.38. The number of ether oxygens (including phenoxy) is 2. The van der Waals surface area contributed by atoms with Crippen molar-refractivity contribution in [2.75, 3.05) is 6.79 Å². The molecule has 1 amide bonds. The van der Waals surface area contributed by atoms with E-state index in [1.807, 2.05) is 0 Å². The van der Waals surface area contributed by atoms with Gasteiger partial charge in [-0.1, -0.05) is 12.1 Å². The summed E-state index contributed by atoms with van der Waals surface area (Å²) >= 11 is 0. The number of nitro benzene ring substituents is 1. The van der Waals surface area contributed by atoms with E-state index in [1.165, 1.54) is 32.0 Å². The Morgan fingerprint density at radius 3 is 2.72 bits per heavy atom. The number of hydrogen-bond donors (Lipinski definition) is 1. The molecule has 0 spiro atoms. The Balaban J connectivity index is 2.33. The van der Waals surface area contributed by atoms with E-state index in [1.54, 1.807) is 6.07 Å². The number of rotatable bonds is 5. The Hall–Kier alpha value is -3.23. The zero-order valence-corrected chi connectivity index (χ0v) is 13.6. The predicted molar refractivity (Wildman–Crippen MR) is 84.0 cm³/mol. The molecule has 1 aromatic carbocycles. The van der Waals surface area contributed by atoms with Gasteiger partial charge in [-0.3, -0.25) is 19.7 Å². The molecule has 2 rings (SSSR count). The third kappa shape index (κ3) is 4.40. The van der Waals surface area contributed by atoms with E-state index >= 15 is 0 Å². The average molecular weight is 348 g/mol. The Morgan fingerprint density at radius 1 is 1.36 bits per heavy atom. The lowest BCUT2D eigenvalue weighted by Gasteiger charge is -2.26. The predicted octanol–water partition coefficient (Wildman–Crippen LogP) is 1.54. The van der Waals surface area contributed by atoms with E-state index in [0.29, 0.717) is 11.3 Å². The molecule has 132 valence electrons. The largest absolute Gasteiger partial charge is 0.428 e. The lowest BCUT2D eigenvalue weighted by molar-refractivity contribution is -0.384. The van der Waals surface area contributed by atoms with E-state index in [4.69, 9.17) is 4.74 Å². The molecule has 25 heavy (non-hydrogen) atoms. The third-order valence-electron chi connectivity index (χ3n) is 3.62. The van der Waals surface area contributed by atoms with Crippen molar-refractivity contribution in [3.63, 3.8) is 0 Å². The van der Waals surface area contributed by atoms with Gasteiger partial charge in [0.25, 0.3) is 5.69 Å². The molecule has 1 aliphatic heterocycles. The molecule has 0 radical (unpaired) electrons. The summed E-state index contributed by atoms with van der Waals surface area (Å²) in [6, 6.07) is 5.72. The molecule has 0 aliphatic carbocycles. The van der Waals surface area contributed by atoms with Crippen LogP contribution in [-0.2, 0) is 23.9 Å². The fraction of sp³-hybridized carbons (Fsp3) is 0.312. The molecule has 1 aromatic rings. The van der Waals surface area contributed by atoms with Crippen molar-refractivity contribution >= 4 is 23.5 Å². The first kappa shape index (κ1) is 18.1. The van der Waals surface area contributed by atoms with Crippen LogP contribution in [-0.4, -0.2) is 29.6 Å². The monoisotopic (exact) mass is 348 g/mol. The van der Waals surface area contributed by atoms with Gasteiger partial charge in [-0.05, 0) is 12.5 Å². The van der Waals surface area contributed by atoms with Crippen LogP contribution >= 0.6 is 0 Å². The van der Waals surface area contributed by atoms with Crippen LogP contribution < -0.4 is 5.32 Å². The van der Waals surface area contributed by atoms with Crippen LogP contribution in [0.3, 0.4) is 0 Å². The SMILES string of the molecule is CC(=O)OCOC(=O)C1=C(C)NC(=O)C[C@@H]1c1cccc([N+](=O)[O-])c1. The number of non-ortho nitro benzene ring substituents is 1. The van der Waals surface area contributed by atoms with Gasteiger partial charge in [0.05, 0.1) is 10.5 Å². The number of nitrogens with zero attached hydrogens (tertiary/aromatic N) is 1. The van der Waals surface area contributed by atoms with E-state index in [-0.39, 0.29) is 23.6 Å². The highest BCUT2D eigenvalue weighted by atomic mass is 16.7. The van der Waals surface area contributed by atoms with Gasteiger partial charge in [0.15, 0.2) is 0 Å². The smallest absolute Gasteiger partial charge is 0.339 e. The molecular formula is C16H16N2O7. The second-order valence-corrected chi connectivity index (χ2v) is 5.38. The normalized spacial score (nSPS) is 16.9. The lowest BCUT2D eigenvalue weighted by Crippen LogP contribution is -2.34. The summed E-state index contributed by atoms with van der Waals surface area (Å²) in [6.45, 7) is 2.15. The minimum Gasteiger partial charge on any atom is -0.428 e. The molecule has 0 bridgehead atoms. The van der Waals surface area contributed by atoms with Crippen molar-refractivity contribution in [2.45, 2.75) is 26.2 Å². The summed E-state index contributed by atoms with van der Waals surface area (Å²) in [4.78, 5) is 45.3. The van der Waals surface area contributed by atoms with E-state index in [0.717, 1.165) is 0 Å². The molecule has 1 heterocycles. The van der Waals surface area contributed by atoms with Crippen LogP contribution in [0, 0.1) is 10.1 Å². The topological polar surface area (TPSA) is 125 Å². The van der Waals surface area contributed by atoms with Gasteiger partial charge in [0.1, 0.15) is 0 Å². The van der Waals surface area contributed by atoms with Crippen LogP contribution in [0.5, 0.6) is 0 Å². The standard InChI is InChI=1S/C16H16N2O7/c1-9-15(16(21)25-8-24-10(2)19)13(7-14(20)17-9)11-4-3-5-12(6-11)18(22)23/h3-6,13H,7-8H2,1-2H3,(H,17,20)/t13-/m1/s1. The van der Waals surface area contributed by atoms with Crippen LogP contribution in [0.2, 0.25) is 0 Å². The van der Waals surface area contributed by atoms with Crippen LogP contribution in [0.25, 0.3) is 0 Å². The maximum Gasteiger partial charge on any atom is 0.339 e. The number of amides is 1. The summed E-state index contributed by atoms with van der Waals surface area (Å²) < 4.78 is 9.47. The van der Waals surface area contributed by atoms with Crippen molar-refractivity contribution < 1.29 is 28.8 Å². The van der Waals surface area contributed by atoms with E-state index in [2.05, 4.69) is 10.1 Å². The molecule has 0 saturated carbocycles. The first-order valence-corrected chi connectivity index (χ1v) is 7.35. The molecule has 1 atom stereocenters. The molecule has 1 N–H and O–H groups in total. The molecule has 9 heteroatoms. The number of nitro groups is 1. The van der Waals surface area contributed by atoms with Crippen LogP contribution in [0.4, 0.5) is 5.69 Å². The maximum absolute atomic E-state index is 12.3. The van der Waals surface area contributed by atoms with Gasteiger partial charge < -0.3 is 14.8 Å². The average Bonchev–Trinajstić information content (AvgIpc) is 2.53. The summed E-state index contributed by atoms with van der Waals surface area (Å²) in [7, 11) is 0. The minimum absolute atomic E-state index is 0.0590. The number of carbonyl (C=O) groups is 3. The summed E-state index contributed by atoms with van der Waals surface area (Å²) in [5.41, 5.74) is 0.754. The molecule has 0 unspecified atom stereocenters. The fourth-order valence-corrected chi connectivity index (χ4v) is 2.55. The number of benzene rings is 1. The van der Waals surface area contributed by atoms with Gasteiger partial charge in [0, 0.05) is 37.1 Å². The highest BCUT2D eigenvalue weighted by Crippen LogP contribution is 2.34. The van der Waals surface area contributed by atoms with E-state index in [9.17, 15) is 24.5 Å². The molecule has 0 aromatic heterocycles. The van der Waals surface area contributed by atoms with E-state index < -0.39 is 29.6 Å². The Kier molecular flexibility index (Phi) is 5.48. The zero-order chi connectivity index (χ0) is 18.6. The number of esters is 2. The second-order valence-electron chi connectivity index (χ2n) is 5.38. The number of hydrogen-bond acceptors (Lipinski definition) is 7. The third-order valence-corrected chi connectivity index (χ3v) is 3.62. The van der Waals surface area contributed by atoms with Crippen molar-refractivity contribution in [1.82, 2.24) is 5.32 Å². The van der Waals surface area contributed by atoms with Crippen molar-refractivity contribution in [3.05, 3.63) is 51.2 Å². The first-order valence-electron chi connectivity index (χ1n) is 7.35. The second kappa shape index (κ2) is 7.56. The van der Waals surface area contributed by atoms with Crippen LogP contribution in [0.1, 0.15) is 31.7 Å². The lowest BCUT2D eigenvalue weighted by atomic mass is 9.84. The van der Waals surface area contributed by atoms with Gasteiger partial charge in [0.2, 0.25) is 12.7 Å². The molecule has 9 nitrogen and oxygen atoms in total. The van der Waals surface area contributed by atoms with Crippen molar-refractivity contribution in [2.24, 2.45) is 0 Å². The first-order chi connectivity index (χ1) is 11.8. The van der Waals surface area contributed by atoms with Gasteiger partial charge in [-0.25, -0.2) is 4.79 Å². The number of allylic oxidation sites excluding steroid dienone is 1. The molecule has 0 saturated heterocycles. The summed E-state index contributed by atoms with van der Waals surface area (Å²) in [5, 5.41) is 13.5. The van der Waals surface area contributed by atoms with Gasteiger partial charge >= 0.3 is 11.9 Å². The van der Waals surface area contributed by atoms with Crippen LogP contribution in [0.15, 0.2) is 35.5 Å². The minimum atomic E-state index is -0.768. The van der Waals surface area contributed by atoms with Crippen molar-refractivity contribution in [1.29, 1.82) is 0 Å².